The highest BCUT2D eigenvalue weighted by Crippen LogP contribution is 2.03. The van der Waals surface area contributed by atoms with Gasteiger partial charge in [0.05, 0.1) is 0 Å². The number of hydrogen-bond donors (Lipinski definition) is 0. The summed E-state index contributed by atoms with van der Waals surface area (Å²) in [5.41, 5.74) is 0. The Morgan fingerprint density at radius 3 is 2.46 bits per heavy atom. The fourth-order valence-corrected chi connectivity index (χ4v) is 1.04. The fourth-order valence-electron chi connectivity index (χ4n) is 1.04. The molecular weight excluding hydrogens is 162 g/mol. The maximum Gasteiger partial charge on any atom is 0.157 e. The number of unbranched alkanes of at least 4 members (excludes halogenated alkanes) is 3. The number of rotatable bonds is 7. The van der Waals surface area contributed by atoms with Crippen LogP contribution < -0.4 is 0 Å². The normalized spacial score (nSPS) is 10.7. The summed E-state index contributed by atoms with van der Waals surface area (Å²) in [5.74, 6) is 0.241. The number of carbonyl (C=O) groups is 1. The summed E-state index contributed by atoms with van der Waals surface area (Å²) in [7, 11) is 3.84. The number of nitrogens with zero attached hydrogens (tertiary/aromatic N) is 1. The van der Waals surface area contributed by atoms with E-state index in [1.807, 2.05) is 25.2 Å². The average molecular weight is 183 g/mol. The Morgan fingerprint density at radius 2 is 1.92 bits per heavy atom. The number of ketones is 1. The quantitative estimate of drug-likeness (QED) is 0.446. The van der Waals surface area contributed by atoms with Crippen molar-refractivity contribution in [2.45, 2.75) is 39.0 Å². The predicted octanol–water partition coefficient (Wildman–Crippen LogP) is 2.60. The molecule has 0 radical (unpaired) electrons. The summed E-state index contributed by atoms with van der Waals surface area (Å²) in [6, 6.07) is 0. The van der Waals surface area contributed by atoms with Crippen LogP contribution in [0.25, 0.3) is 0 Å². The molecule has 0 saturated heterocycles. The van der Waals surface area contributed by atoms with Gasteiger partial charge in [-0.1, -0.05) is 26.2 Å². The van der Waals surface area contributed by atoms with Crippen LogP contribution in [0.15, 0.2) is 12.3 Å². The molecule has 0 aliphatic carbocycles. The van der Waals surface area contributed by atoms with Crippen LogP contribution in [0.2, 0.25) is 0 Å². The highest BCUT2D eigenvalue weighted by Gasteiger charge is 1.95. The van der Waals surface area contributed by atoms with Crippen molar-refractivity contribution in [3.8, 4) is 0 Å². The van der Waals surface area contributed by atoms with E-state index >= 15 is 0 Å². The minimum Gasteiger partial charge on any atom is -0.383 e. The molecule has 0 N–H and O–H groups in total. The molecule has 2 nitrogen and oxygen atoms in total. The van der Waals surface area contributed by atoms with E-state index in [0.717, 1.165) is 6.42 Å². The summed E-state index contributed by atoms with van der Waals surface area (Å²) in [5, 5.41) is 0. The van der Waals surface area contributed by atoms with Crippen LogP contribution in [0.1, 0.15) is 39.0 Å². The molecule has 76 valence electrons. The van der Waals surface area contributed by atoms with Gasteiger partial charge in [0, 0.05) is 26.7 Å². The lowest BCUT2D eigenvalue weighted by atomic mass is 10.1. The zero-order valence-corrected chi connectivity index (χ0v) is 9.05. The van der Waals surface area contributed by atoms with Gasteiger partial charge in [0.1, 0.15) is 0 Å². The molecule has 0 aromatic carbocycles. The van der Waals surface area contributed by atoms with Gasteiger partial charge in [0.25, 0.3) is 0 Å². The van der Waals surface area contributed by atoms with Gasteiger partial charge >= 0.3 is 0 Å². The van der Waals surface area contributed by atoms with Crippen LogP contribution in [0.5, 0.6) is 0 Å². The molecule has 0 amide bonds. The van der Waals surface area contributed by atoms with Crippen molar-refractivity contribution in [3.63, 3.8) is 0 Å². The van der Waals surface area contributed by atoms with Crippen molar-refractivity contribution in [3.05, 3.63) is 12.3 Å². The Hall–Kier alpha value is -0.790. The van der Waals surface area contributed by atoms with Gasteiger partial charge in [-0.25, -0.2) is 0 Å². The van der Waals surface area contributed by atoms with E-state index in [4.69, 9.17) is 0 Å². The largest absolute Gasteiger partial charge is 0.383 e. The van der Waals surface area contributed by atoms with Crippen molar-refractivity contribution >= 4 is 5.78 Å². The van der Waals surface area contributed by atoms with Crippen LogP contribution >= 0.6 is 0 Å². The van der Waals surface area contributed by atoms with Crippen molar-refractivity contribution in [2.75, 3.05) is 14.1 Å². The average Bonchev–Trinajstić information content (AvgIpc) is 2.09. The number of carbonyl (C=O) groups excluding carboxylic acids is 1. The van der Waals surface area contributed by atoms with Gasteiger partial charge in [-0.3, -0.25) is 4.79 Å². The predicted molar refractivity (Wildman–Crippen MR) is 56.6 cm³/mol. The Bertz CT molecular complexity index is 161. The second-order valence-electron chi connectivity index (χ2n) is 3.56. The van der Waals surface area contributed by atoms with E-state index in [1.54, 1.807) is 6.08 Å². The highest BCUT2D eigenvalue weighted by molar-refractivity contribution is 5.89. The van der Waals surface area contributed by atoms with Crippen LogP contribution in [0.3, 0.4) is 0 Å². The van der Waals surface area contributed by atoms with Crippen LogP contribution in [0, 0.1) is 0 Å². The van der Waals surface area contributed by atoms with Gasteiger partial charge < -0.3 is 4.90 Å². The Morgan fingerprint density at radius 1 is 1.23 bits per heavy atom. The Kier molecular flexibility index (Phi) is 7.36. The minimum atomic E-state index is 0.241. The maximum atomic E-state index is 11.2. The molecule has 0 bridgehead atoms. The smallest absolute Gasteiger partial charge is 0.157 e. The van der Waals surface area contributed by atoms with E-state index in [9.17, 15) is 4.79 Å². The summed E-state index contributed by atoms with van der Waals surface area (Å²) in [4.78, 5) is 13.1. The maximum absolute atomic E-state index is 11.2. The zero-order valence-electron chi connectivity index (χ0n) is 9.05. The van der Waals surface area contributed by atoms with Crippen molar-refractivity contribution < 1.29 is 4.79 Å². The summed E-state index contributed by atoms with van der Waals surface area (Å²) < 4.78 is 0. The van der Waals surface area contributed by atoms with E-state index < -0.39 is 0 Å². The molecule has 13 heavy (non-hydrogen) atoms. The third kappa shape index (κ3) is 9.12. The molecule has 0 aliphatic heterocycles. The van der Waals surface area contributed by atoms with Gasteiger partial charge in [-0.15, -0.1) is 0 Å². The van der Waals surface area contributed by atoms with Crippen LogP contribution in [0.4, 0.5) is 0 Å². The molecule has 0 unspecified atom stereocenters. The van der Waals surface area contributed by atoms with E-state index in [-0.39, 0.29) is 5.78 Å². The van der Waals surface area contributed by atoms with Crippen LogP contribution in [-0.4, -0.2) is 24.8 Å². The minimum absolute atomic E-state index is 0.241. The van der Waals surface area contributed by atoms with E-state index in [0.29, 0.717) is 6.42 Å². The first-order valence-corrected chi connectivity index (χ1v) is 5.04. The molecule has 0 rings (SSSR count). The van der Waals surface area contributed by atoms with Crippen molar-refractivity contribution in [1.82, 2.24) is 4.90 Å². The summed E-state index contributed by atoms with van der Waals surface area (Å²) >= 11 is 0. The van der Waals surface area contributed by atoms with Crippen molar-refractivity contribution in [2.24, 2.45) is 0 Å². The van der Waals surface area contributed by atoms with E-state index in [1.165, 1.54) is 19.3 Å². The molecule has 2 heteroatoms. The fraction of sp³-hybridized carbons (Fsp3) is 0.727. The lowest BCUT2D eigenvalue weighted by molar-refractivity contribution is -0.114. The lowest BCUT2D eigenvalue weighted by Crippen LogP contribution is -2.02. The van der Waals surface area contributed by atoms with Gasteiger partial charge in [0.2, 0.25) is 0 Å². The molecule has 0 aromatic rings. The number of allylic oxidation sites excluding steroid dienone is 1. The first kappa shape index (κ1) is 12.2. The van der Waals surface area contributed by atoms with Gasteiger partial charge in [0.15, 0.2) is 5.78 Å². The molecule has 0 fully saturated rings. The summed E-state index contributed by atoms with van der Waals surface area (Å²) in [6.07, 6.45) is 8.84. The second kappa shape index (κ2) is 7.84. The second-order valence-corrected chi connectivity index (χ2v) is 3.56. The molecular formula is C11H21NO. The van der Waals surface area contributed by atoms with Crippen LogP contribution in [-0.2, 0) is 4.79 Å². The van der Waals surface area contributed by atoms with Gasteiger partial charge in [-0.2, -0.15) is 0 Å². The first-order valence-electron chi connectivity index (χ1n) is 5.04. The summed E-state index contributed by atoms with van der Waals surface area (Å²) in [6.45, 7) is 2.17. The Labute approximate surface area is 81.6 Å². The third-order valence-corrected chi connectivity index (χ3v) is 1.84. The third-order valence-electron chi connectivity index (χ3n) is 1.84. The molecule has 0 aromatic heterocycles. The molecule has 0 spiro atoms. The van der Waals surface area contributed by atoms with Crippen molar-refractivity contribution in [1.29, 1.82) is 0 Å². The first-order chi connectivity index (χ1) is 6.16. The topological polar surface area (TPSA) is 20.3 Å². The molecule has 0 heterocycles. The standard InChI is InChI=1S/C11H21NO/c1-4-5-6-7-8-11(13)9-10-12(2)3/h9-10H,4-8H2,1-3H3. The Balaban J connectivity index is 3.41. The monoisotopic (exact) mass is 183 g/mol. The SMILES string of the molecule is CCCCCCC(=O)C=CN(C)C. The molecule has 0 atom stereocenters. The van der Waals surface area contributed by atoms with E-state index in [2.05, 4.69) is 6.92 Å². The molecule has 0 saturated carbocycles. The molecule has 0 aliphatic rings. The van der Waals surface area contributed by atoms with Gasteiger partial charge in [-0.05, 0) is 12.5 Å². The lowest BCUT2D eigenvalue weighted by Gasteiger charge is -2.02. The number of hydrogen-bond acceptors (Lipinski definition) is 2. The zero-order chi connectivity index (χ0) is 10.1. The highest BCUT2D eigenvalue weighted by atomic mass is 16.1.